The lowest BCUT2D eigenvalue weighted by Crippen LogP contribution is -2.42. The number of nitrogens with one attached hydrogen (secondary N) is 1. The number of carbonyl (C=O) groups is 2. The fourth-order valence-electron chi connectivity index (χ4n) is 3.39. The van der Waals surface area contributed by atoms with Gasteiger partial charge >= 0.3 is 0 Å². The quantitative estimate of drug-likeness (QED) is 0.841. The highest BCUT2D eigenvalue weighted by Crippen LogP contribution is 2.41. The minimum atomic E-state index is -3.05. The zero-order valence-corrected chi connectivity index (χ0v) is 15.5. The van der Waals surface area contributed by atoms with E-state index in [0.29, 0.717) is 30.1 Å². The number of hydrogen-bond donors (Lipinski definition) is 1. The van der Waals surface area contributed by atoms with Gasteiger partial charge in [0, 0.05) is 23.3 Å². The smallest absolute Gasteiger partial charge is 0.228 e. The van der Waals surface area contributed by atoms with Crippen LogP contribution in [0.1, 0.15) is 19.8 Å². The highest BCUT2D eigenvalue weighted by Gasteiger charge is 2.50. The largest absolute Gasteiger partial charge is 0.339 e. The summed E-state index contributed by atoms with van der Waals surface area (Å²) in [5, 5.41) is 3.31. The number of carbonyl (C=O) groups excluding carboxylic acids is 2. The summed E-state index contributed by atoms with van der Waals surface area (Å²) in [6, 6.07) is 6.59. The molecule has 1 aliphatic heterocycles. The molecule has 136 valence electrons. The molecule has 0 aromatic heterocycles. The Balaban J connectivity index is 1.60. The maximum atomic E-state index is 12.7. The van der Waals surface area contributed by atoms with Crippen molar-refractivity contribution in [1.82, 2.24) is 4.90 Å². The Bertz CT molecular complexity index is 796. The Morgan fingerprint density at radius 1 is 1.32 bits per heavy atom. The zero-order chi connectivity index (χ0) is 18.2. The predicted octanol–water partition coefficient (Wildman–Crippen LogP) is 1.95. The fourth-order valence-corrected chi connectivity index (χ4v) is 5.31. The summed E-state index contributed by atoms with van der Waals surface area (Å²) in [5.41, 5.74) is 0.602. The van der Waals surface area contributed by atoms with Crippen LogP contribution in [0.4, 0.5) is 5.69 Å². The maximum absolute atomic E-state index is 12.7. The number of amides is 2. The summed E-state index contributed by atoms with van der Waals surface area (Å²) in [5.74, 6) is -0.878. The van der Waals surface area contributed by atoms with E-state index in [1.165, 1.54) is 0 Å². The number of hydrogen-bond acceptors (Lipinski definition) is 4. The van der Waals surface area contributed by atoms with E-state index >= 15 is 0 Å². The summed E-state index contributed by atoms with van der Waals surface area (Å²) < 4.78 is 23.3. The van der Waals surface area contributed by atoms with Gasteiger partial charge < -0.3 is 10.2 Å². The molecule has 2 aliphatic rings. The lowest BCUT2D eigenvalue weighted by Gasteiger charge is -2.27. The average Bonchev–Trinajstić information content (AvgIpc) is 3.26. The molecule has 1 aromatic carbocycles. The van der Waals surface area contributed by atoms with Gasteiger partial charge in [0.25, 0.3) is 0 Å². The number of sulfone groups is 1. The first kappa shape index (κ1) is 18.2. The van der Waals surface area contributed by atoms with Crippen molar-refractivity contribution in [3.8, 4) is 0 Å². The fraction of sp³-hybridized carbons (Fsp3) is 0.529. The Morgan fingerprint density at radius 3 is 2.68 bits per heavy atom. The van der Waals surface area contributed by atoms with Gasteiger partial charge in [0.2, 0.25) is 11.8 Å². The van der Waals surface area contributed by atoms with E-state index in [2.05, 4.69) is 5.32 Å². The minimum absolute atomic E-state index is 0.0265. The molecule has 25 heavy (non-hydrogen) atoms. The van der Waals surface area contributed by atoms with Crippen LogP contribution < -0.4 is 5.32 Å². The van der Waals surface area contributed by atoms with Gasteiger partial charge in [-0.05, 0) is 38.0 Å². The van der Waals surface area contributed by atoms with E-state index < -0.39 is 9.84 Å². The van der Waals surface area contributed by atoms with E-state index in [4.69, 9.17) is 11.6 Å². The molecule has 0 spiro atoms. The van der Waals surface area contributed by atoms with Crippen LogP contribution in [-0.4, -0.2) is 49.2 Å². The second-order valence-electron chi connectivity index (χ2n) is 6.63. The summed E-state index contributed by atoms with van der Waals surface area (Å²) >= 11 is 5.90. The Morgan fingerprint density at radius 2 is 2.08 bits per heavy atom. The predicted molar refractivity (Wildman–Crippen MR) is 96.1 cm³/mol. The van der Waals surface area contributed by atoms with Crippen molar-refractivity contribution in [3.63, 3.8) is 0 Å². The number of benzene rings is 1. The number of anilines is 1. The lowest BCUT2D eigenvalue weighted by atomic mass is 10.2. The molecule has 1 saturated heterocycles. The average molecular weight is 385 g/mol. The lowest BCUT2D eigenvalue weighted by molar-refractivity contribution is -0.135. The molecular weight excluding hydrogens is 364 g/mol. The first-order valence-electron chi connectivity index (χ1n) is 8.38. The summed E-state index contributed by atoms with van der Waals surface area (Å²) in [7, 11) is -3.05. The SMILES string of the molecule is CCN(C(=O)C1CC1C(=O)Nc1cccc(Cl)c1)C1CCS(=O)(=O)C1. The molecule has 3 unspecified atom stereocenters. The molecule has 6 nitrogen and oxygen atoms in total. The Labute approximate surface area is 152 Å². The van der Waals surface area contributed by atoms with Crippen LogP contribution in [0.3, 0.4) is 0 Å². The summed E-state index contributed by atoms with van der Waals surface area (Å²) in [6.07, 6.45) is 0.981. The van der Waals surface area contributed by atoms with Crippen LogP contribution in [0.25, 0.3) is 0 Å². The normalized spacial score (nSPS) is 26.9. The Hall–Kier alpha value is -1.60. The van der Waals surface area contributed by atoms with Gasteiger partial charge in [-0.15, -0.1) is 0 Å². The van der Waals surface area contributed by atoms with Crippen LogP contribution in [0.15, 0.2) is 24.3 Å². The highest BCUT2D eigenvalue weighted by molar-refractivity contribution is 7.91. The molecule has 0 radical (unpaired) electrons. The summed E-state index contributed by atoms with van der Waals surface area (Å²) in [4.78, 5) is 26.6. The van der Waals surface area contributed by atoms with Crippen LogP contribution in [-0.2, 0) is 19.4 Å². The molecule has 2 amide bonds. The van der Waals surface area contributed by atoms with Gasteiger partial charge in [-0.1, -0.05) is 17.7 Å². The van der Waals surface area contributed by atoms with E-state index in [9.17, 15) is 18.0 Å². The van der Waals surface area contributed by atoms with Gasteiger partial charge in [0.15, 0.2) is 9.84 Å². The Kier molecular flexibility index (Phi) is 5.06. The van der Waals surface area contributed by atoms with Crippen LogP contribution in [0, 0.1) is 11.8 Å². The van der Waals surface area contributed by atoms with E-state index in [1.807, 2.05) is 6.92 Å². The van der Waals surface area contributed by atoms with Crippen molar-refractivity contribution in [2.24, 2.45) is 11.8 Å². The van der Waals surface area contributed by atoms with Crippen molar-refractivity contribution in [3.05, 3.63) is 29.3 Å². The van der Waals surface area contributed by atoms with Crippen LogP contribution >= 0.6 is 11.6 Å². The first-order chi connectivity index (χ1) is 11.8. The molecule has 1 heterocycles. The third-order valence-corrected chi connectivity index (χ3v) is 6.79. The molecule has 1 aliphatic carbocycles. The van der Waals surface area contributed by atoms with E-state index in [0.717, 1.165) is 0 Å². The van der Waals surface area contributed by atoms with Crippen molar-refractivity contribution in [2.75, 3.05) is 23.4 Å². The molecule has 0 bridgehead atoms. The molecule has 2 fully saturated rings. The van der Waals surface area contributed by atoms with Gasteiger partial charge in [0.05, 0.1) is 23.3 Å². The summed E-state index contributed by atoms with van der Waals surface area (Å²) in [6.45, 7) is 2.30. The molecule has 1 N–H and O–H groups in total. The van der Waals surface area contributed by atoms with Crippen molar-refractivity contribution < 1.29 is 18.0 Å². The third-order valence-electron chi connectivity index (χ3n) is 4.81. The van der Waals surface area contributed by atoms with Gasteiger partial charge in [-0.3, -0.25) is 9.59 Å². The zero-order valence-electron chi connectivity index (χ0n) is 13.9. The third kappa shape index (κ3) is 4.15. The topological polar surface area (TPSA) is 83.6 Å². The first-order valence-corrected chi connectivity index (χ1v) is 10.6. The number of halogens is 1. The highest BCUT2D eigenvalue weighted by atomic mass is 35.5. The number of nitrogens with zero attached hydrogens (tertiary/aromatic N) is 1. The molecular formula is C17H21ClN2O4S. The van der Waals surface area contributed by atoms with E-state index in [-0.39, 0.29) is 41.2 Å². The van der Waals surface area contributed by atoms with Gasteiger partial charge in [0.1, 0.15) is 0 Å². The minimum Gasteiger partial charge on any atom is -0.339 e. The van der Waals surface area contributed by atoms with Crippen molar-refractivity contribution in [1.29, 1.82) is 0 Å². The molecule has 3 atom stereocenters. The molecule has 1 aromatic rings. The van der Waals surface area contributed by atoms with Gasteiger partial charge in [-0.25, -0.2) is 8.42 Å². The maximum Gasteiger partial charge on any atom is 0.228 e. The molecule has 3 rings (SSSR count). The molecule has 8 heteroatoms. The number of rotatable bonds is 5. The van der Waals surface area contributed by atoms with Crippen LogP contribution in [0.2, 0.25) is 5.02 Å². The van der Waals surface area contributed by atoms with E-state index in [1.54, 1.807) is 29.2 Å². The van der Waals surface area contributed by atoms with Crippen molar-refractivity contribution in [2.45, 2.75) is 25.8 Å². The second-order valence-corrected chi connectivity index (χ2v) is 9.29. The second kappa shape index (κ2) is 6.96. The van der Waals surface area contributed by atoms with Gasteiger partial charge in [-0.2, -0.15) is 0 Å². The standard InChI is InChI=1S/C17H21ClN2O4S/c1-2-20(13-6-7-25(23,24)10-13)17(22)15-9-14(15)16(21)19-12-5-3-4-11(18)8-12/h3-5,8,13-15H,2,6-7,9-10H2,1H3,(H,19,21). The van der Waals surface area contributed by atoms with Crippen LogP contribution in [0.5, 0.6) is 0 Å². The monoisotopic (exact) mass is 384 g/mol. The van der Waals surface area contributed by atoms with Crippen molar-refractivity contribution >= 4 is 38.9 Å². The molecule has 1 saturated carbocycles.